The van der Waals surface area contributed by atoms with Gasteiger partial charge in [0.1, 0.15) is 11.2 Å². The largest absolute Gasteiger partial charge is 0.456 e. The van der Waals surface area contributed by atoms with Gasteiger partial charge in [-0.25, -0.2) is 15.0 Å². The zero-order chi connectivity index (χ0) is 31.6. The lowest BCUT2D eigenvalue weighted by Gasteiger charge is -2.11. The molecule has 0 aliphatic heterocycles. The van der Waals surface area contributed by atoms with Gasteiger partial charge in [0.05, 0.1) is 0 Å². The van der Waals surface area contributed by atoms with Crippen molar-refractivity contribution < 1.29 is 4.42 Å². The van der Waals surface area contributed by atoms with Crippen LogP contribution in [0, 0.1) is 0 Å². The van der Waals surface area contributed by atoms with E-state index in [-0.39, 0.29) is 0 Å². The Labute approximate surface area is 279 Å². The minimum atomic E-state index is 0.619. The van der Waals surface area contributed by atoms with Crippen LogP contribution >= 0.6 is 11.3 Å². The summed E-state index contributed by atoms with van der Waals surface area (Å²) in [6.07, 6.45) is 0. The average molecular weight is 632 g/mol. The summed E-state index contributed by atoms with van der Waals surface area (Å²) >= 11 is 1.80. The van der Waals surface area contributed by atoms with Crippen molar-refractivity contribution in [2.75, 3.05) is 0 Å². The number of nitrogens with zero attached hydrogens (tertiary/aromatic N) is 3. The molecule has 10 rings (SSSR count). The molecule has 5 heteroatoms. The molecule has 7 aromatic carbocycles. The average Bonchev–Trinajstić information content (AvgIpc) is 3.73. The number of fused-ring (bicyclic) bond motifs is 8. The number of hydrogen-bond donors (Lipinski definition) is 0. The van der Waals surface area contributed by atoms with Crippen LogP contribution in [0.1, 0.15) is 0 Å². The van der Waals surface area contributed by atoms with Gasteiger partial charge in [0.2, 0.25) is 0 Å². The topological polar surface area (TPSA) is 51.8 Å². The zero-order valence-corrected chi connectivity index (χ0v) is 26.4. The van der Waals surface area contributed by atoms with E-state index in [0.29, 0.717) is 17.5 Å². The summed E-state index contributed by atoms with van der Waals surface area (Å²) < 4.78 is 8.77. The van der Waals surface area contributed by atoms with Gasteiger partial charge in [0.25, 0.3) is 0 Å². The molecule has 0 aliphatic rings. The lowest BCUT2D eigenvalue weighted by molar-refractivity contribution is 0.669. The molecular weight excluding hydrogens is 607 g/mol. The second-order valence-electron chi connectivity index (χ2n) is 12.0. The summed E-state index contributed by atoms with van der Waals surface area (Å²) in [5, 5.41) is 7.01. The van der Waals surface area contributed by atoms with E-state index in [2.05, 4.69) is 109 Å². The highest BCUT2D eigenvalue weighted by atomic mass is 32.1. The van der Waals surface area contributed by atoms with Crippen LogP contribution in [0.15, 0.2) is 156 Å². The molecule has 3 heterocycles. The first kappa shape index (κ1) is 27.0. The maximum Gasteiger partial charge on any atom is 0.164 e. The molecule has 3 aromatic heterocycles. The second-order valence-corrected chi connectivity index (χ2v) is 13.1. The minimum Gasteiger partial charge on any atom is -0.456 e. The van der Waals surface area contributed by atoms with Gasteiger partial charge in [-0.15, -0.1) is 11.3 Å². The summed E-state index contributed by atoms with van der Waals surface area (Å²) in [4.78, 5) is 15.3. The Hall–Kier alpha value is -6.17. The van der Waals surface area contributed by atoms with Crippen LogP contribution in [0.3, 0.4) is 0 Å². The predicted molar refractivity (Wildman–Crippen MR) is 199 cm³/mol. The van der Waals surface area contributed by atoms with E-state index in [0.717, 1.165) is 49.6 Å². The Bertz CT molecular complexity index is 2840. The number of benzene rings is 7. The number of aromatic nitrogens is 3. The molecule has 0 unspecified atom stereocenters. The Morgan fingerprint density at radius 1 is 0.396 bits per heavy atom. The van der Waals surface area contributed by atoms with Crippen LogP contribution in [-0.4, -0.2) is 15.0 Å². The van der Waals surface area contributed by atoms with Crippen molar-refractivity contribution in [1.82, 2.24) is 15.0 Å². The van der Waals surface area contributed by atoms with Crippen LogP contribution in [0.2, 0.25) is 0 Å². The molecule has 0 N–H and O–H groups in total. The Kier molecular flexibility index (Phi) is 6.01. The van der Waals surface area contributed by atoms with Crippen molar-refractivity contribution in [2.24, 2.45) is 0 Å². The van der Waals surface area contributed by atoms with Crippen molar-refractivity contribution >= 4 is 64.2 Å². The predicted octanol–water partition coefficient (Wildman–Crippen LogP) is 12.0. The van der Waals surface area contributed by atoms with Crippen LogP contribution in [0.5, 0.6) is 0 Å². The van der Waals surface area contributed by atoms with Crippen molar-refractivity contribution in [3.63, 3.8) is 0 Å². The molecule has 0 fully saturated rings. The quantitative estimate of drug-likeness (QED) is 0.194. The molecule has 0 bridgehead atoms. The lowest BCUT2D eigenvalue weighted by atomic mass is 9.97. The van der Waals surface area contributed by atoms with Crippen LogP contribution in [-0.2, 0) is 0 Å². The van der Waals surface area contributed by atoms with E-state index < -0.39 is 0 Å². The normalized spacial score (nSPS) is 11.8. The number of hydrogen-bond acceptors (Lipinski definition) is 5. The van der Waals surface area contributed by atoms with Crippen molar-refractivity contribution in [2.45, 2.75) is 0 Å². The van der Waals surface area contributed by atoms with E-state index in [1.807, 2.05) is 42.5 Å². The zero-order valence-electron chi connectivity index (χ0n) is 25.6. The van der Waals surface area contributed by atoms with Gasteiger partial charge in [0, 0.05) is 47.6 Å². The Morgan fingerprint density at radius 3 is 1.85 bits per heavy atom. The number of furan rings is 1. The summed E-state index contributed by atoms with van der Waals surface area (Å²) in [6.45, 7) is 0. The fourth-order valence-corrected chi connectivity index (χ4v) is 8.04. The third-order valence-corrected chi connectivity index (χ3v) is 10.2. The number of thiophene rings is 1. The first-order valence-electron chi connectivity index (χ1n) is 15.9. The van der Waals surface area contributed by atoms with E-state index in [1.54, 1.807) is 11.3 Å². The first-order valence-corrected chi connectivity index (χ1v) is 16.8. The molecule has 10 aromatic rings. The highest BCUT2D eigenvalue weighted by molar-refractivity contribution is 7.26. The maximum absolute atomic E-state index is 6.31. The Morgan fingerprint density at radius 2 is 1.04 bits per heavy atom. The third-order valence-electron chi connectivity index (χ3n) is 9.11. The van der Waals surface area contributed by atoms with Crippen molar-refractivity contribution in [3.05, 3.63) is 152 Å². The molecule has 0 saturated carbocycles. The molecule has 0 spiro atoms. The number of rotatable bonds is 4. The minimum absolute atomic E-state index is 0.619. The van der Waals surface area contributed by atoms with Crippen molar-refractivity contribution in [1.29, 1.82) is 0 Å². The monoisotopic (exact) mass is 631 g/mol. The molecule has 224 valence electrons. The SMILES string of the molecule is c1ccc(-c2nc(-c3cc(-c4ccccc4)c4c(c3)sc3ccccc34)nc(-c3ccc4oc5ccc6ccccc6c5c4c3)n2)cc1. The van der Waals surface area contributed by atoms with E-state index >= 15 is 0 Å². The summed E-state index contributed by atoms with van der Waals surface area (Å²) in [5.41, 5.74) is 6.84. The molecule has 0 radical (unpaired) electrons. The summed E-state index contributed by atoms with van der Waals surface area (Å²) in [7, 11) is 0. The molecular formula is C43H25N3OS. The standard InChI is InChI=1S/C43H25N3OS/c1-3-11-26(12-4-1)33-24-30(25-38-40(33)32-17-9-10-18-37(32)48-38)43-45-41(28-14-5-2-6-15-28)44-42(46-43)29-20-21-35-34(23-29)39-31-16-8-7-13-27(31)19-22-36(39)47-35/h1-25H. The first-order chi connectivity index (χ1) is 23.8. The lowest BCUT2D eigenvalue weighted by Crippen LogP contribution is -2.00. The van der Waals surface area contributed by atoms with Crippen LogP contribution in [0.25, 0.3) is 98.2 Å². The third kappa shape index (κ3) is 4.33. The second kappa shape index (κ2) is 10.7. The molecule has 0 amide bonds. The smallest absolute Gasteiger partial charge is 0.164 e. The van der Waals surface area contributed by atoms with Gasteiger partial charge in [-0.3, -0.25) is 0 Å². The van der Waals surface area contributed by atoms with E-state index in [1.165, 1.54) is 31.1 Å². The van der Waals surface area contributed by atoms with Gasteiger partial charge in [-0.1, -0.05) is 109 Å². The van der Waals surface area contributed by atoms with Gasteiger partial charge < -0.3 is 4.42 Å². The molecule has 0 saturated heterocycles. The fourth-order valence-electron chi connectivity index (χ4n) is 6.87. The van der Waals surface area contributed by atoms with Gasteiger partial charge >= 0.3 is 0 Å². The highest BCUT2D eigenvalue weighted by Crippen LogP contribution is 2.43. The Balaban J connectivity index is 1.23. The summed E-state index contributed by atoms with van der Waals surface area (Å²) in [5.74, 6) is 1.89. The van der Waals surface area contributed by atoms with Crippen LogP contribution in [0.4, 0.5) is 0 Å². The van der Waals surface area contributed by atoms with Gasteiger partial charge in [0.15, 0.2) is 17.5 Å². The molecule has 0 atom stereocenters. The van der Waals surface area contributed by atoms with Gasteiger partial charge in [-0.2, -0.15) is 0 Å². The van der Waals surface area contributed by atoms with Crippen molar-refractivity contribution in [3.8, 4) is 45.3 Å². The van der Waals surface area contributed by atoms with Crippen LogP contribution < -0.4 is 0 Å². The van der Waals surface area contributed by atoms with E-state index in [4.69, 9.17) is 19.4 Å². The summed E-state index contributed by atoms with van der Waals surface area (Å²) in [6, 6.07) is 52.7. The van der Waals surface area contributed by atoms with Gasteiger partial charge in [-0.05, 0) is 64.4 Å². The molecule has 0 aliphatic carbocycles. The maximum atomic E-state index is 6.31. The fraction of sp³-hybridized carbons (Fsp3) is 0. The highest BCUT2D eigenvalue weighted by Gasteiger charge is 2.19. The molecule has 48 heavy (non-hydrogen) atoms. The van der Waals surface area contributed by atoms with E-state index in [9.17, 15) is 0 Å². The molecule has 4 nitrogen and oxygen atoms in total.